The Morgan fingerprint density at radius 1 is 1.36 bits per heavy atom. The van der Waals surface area contributed by atoms with E-state index in [4.69, 9.17) is 0 Å². The molecule has 3 heteroatoms. The molecule has 3 nitrogen and oxygen atoms in total. The van der Waals surface area contributed by atoms with E-state index in [2.05, 4.69) is 5.32 Å². The summed E-state index contributed by atoms with van der Waals surface area (Å²) >= 11 is 0. The number of amides is 1. The molecule has 0 fully saturated rings. The Balaban J connectivity index is 2.57. The first kappa shape index (κ1) is 9.21. The van der Waals surface area contributed by atoms with Gasteiger partial charge in [0.05, 0.1) is 5.54 Å². The number of carbonyl (C=O) groups excluding carboxylic acids is 1. The predicted octanol–water partition coefficient (Wildman–Crippen LogP) is 1.24. The van der Waals surface area contributed by atoms with E-state index in [1.165, 1.54) is 0 Å². The van der Waals surface area contributed by atoms with E-state index in [9.17, 15) is 9.90 Å². The van der Waals surface area contributed by atoms with E-state index in [0.717, 1.165) is 0 Å². The average molecular weight is 191 g/mol. The average Bonchev–Trinajstić information content (AvgIpc) is 2.14. The fourth-order valence-corrected chi connectivity index (χ4v) is 1.76. The fourth-order valence-electron chi connectivity index (χ4n) is 1.76. The lowest BCUT2D eigenvalue weighted by molar-refractivity contribution is 0.0546. The van der Waals surface area contributed by atoms with Crippen LogP contribution in [0.2, 0.25) is 0 Å². The number of aliphatic hydroxyl groups is 1. The van der Waals surface area contributed by atoms with Crippen molar-refractivity contribution < 1.29 is 9.90 Å². The third kappa shape index (κ3) is 1.21. The maximum atomic E-state index is 11.6. The van der Waals surface area contributed by atoms with Crippen LogP contribution in [-0.4, -0.2) is 16.6 Å². The minimum atomic E-state index is -0.642. The van der Waals surface area contributed by atoms with E-state index in [1.54, 1.807) is 18.2 Å². The largest absolute Gasteiger partial charge is 0.386 e. The van der Waals surface area contributed by atoms with Gasteiger partial charge in [-0.3, -0.25) is 4.79 Å². The second kappa shape index (κ2) is 2.82. The van der Waals surface area contributed by atoms with Gasteiger partial charge in [0.15, 0.2) is 0 Å². The van der Waals surface area contributed by atoms with Gasteiger partial charge in [-0.1, -0.05) is 18.2 Å². The van der Waals surface area contributed by atoms with Crippen molar-refractivity contribution >= 4 is 5.91 Å². The maximum Gasteiger partial charge on any atom is 0.252 e. The summed E-state index contributed by atoms with van der Waals surface area (Å²) in [4.78, 5) is 11.6. The van der Waals surface area contributed by atoms with Gasteiger partial charge in [-0.2, -0.15) is 0 Å². The Labute approximate surface area is 82.8 Å². The zero-order chi connectivity index (χ0) is 10.3. The monoisotopic (exact) mass is 191 g/mol. The third-order valence-electron chi connectivity index (χ3n) is 2.62. The molecule has 1 aromatic rings. The maximum absolute atomic E-state index is 11.6. The minimum absolute atomic E-state index is 0.115. The van der Waals surface area contributed by atoms with E-state index < -0.39 is 11.6 Å². The molecule has 1 aliphatic heterocycles. The van der Waals surface area contributed by atoms with E-state index >= 15 is 0 Å². The van der Waals surface area contributed by atoms with Crippen LogP contribution in [-0.2, 0) is 0 Å². The zero-order valence-electron chi connectivity index (χ0n) is 8.24. The topological polar surface area (TPSA) is 49.3 Å². The van der Waals surface area contributed by atoms with Gasteiger partial charge in [0, 0.05) is 5.56 Å². The molecule has 0 bridgehead atoms. The van der Waals surface area contributed by atoms with Gasteiger partial charge < -0.3 is 10.4 Å². The standard InChI is InChI=1S/C11H13NO2/c1-11(2)9(13)7-5-3-4-6-8(7)10(14)12-11/h3-6,9,13H,1-2H3,(H,12,14). The Morgan fingerprint density at radius 3 is 2.71 bits per heavy atom. The van der Waals surface area contributed by atoms with E-state index in [1.807, 2.05) is 19.9 Å². The molecule has 0 spiro atoms. The Morgan fingerprint density at radius 2 is 2.00 bits per heavy atom. The first-order chi connectivity index (χ1) is 6.52. The summed E-state index contributed by atoms with van der Waals surface area (Å²) in [5.74, 6) is -0.115. The van der Waals surface area contributed by atoms with Crippen molar-refractivity contribution in [2.75, 3.05) is 0 Å². The number of nitrogens with one attached hydrogen (secondary N) is 1. The van der Waals surface area contributed by atoms with Crippen LogP contribution >= 0.6 is 0 Å². The van der Waals surface area contributed by atoms with Crippen LogP contribution in [0.25, 0.3) is 0 Å². The van der Waals surface area contributed by atoms with Gasteiger partial charge in [-0.05, 0) is 25.5 Å². The molecular formula is C11H13NO2. The molecule has 0 aliphatic carbocycles. The highest BCUT2D eigenvalue weighted by atomic mass is 16.3. The summed E-state index contributed by atoms with van der Waals surface area (Å²) in [5.41, 5.74) is 0.686. The first-order valence-electron chi connectivity index (χ1n) is 4.62. The van der Waals surface area contributed by atoms with Crippen molar-refractivity contribution in [2.24, 2.45) is 0 Å². The van der Waals surface area contributed by atoms with Crippen LogP contribution in [0, 0.1) is 0 Å². The van der Waals surface area contributed by atoms with Gasteiger partial charge in [-0.15, -0.1) is 0 Å². The lowest BCUT2D eigenvalue weighted by Crippen LogP contribution is -2.52. The van der Waals surface area contributed by atoms with Crippen molar-refractivity contribution in [1.29, 1.82) is 0 Å². The summed E-state index contributed by atoms with van der Waals surface area (Å²) in [6.07, 6.45) is -0.642. The molecule has 1 heterocycles. The quantitative estimate of drug-likeness (QED) is 0.648. The molecule has 1 aliphatic rings. The summed E-state index contributed by atoms with van der Waals surface area (Å²) in [5, 5.41) is 12.8. The van der Waals surface area contributed by atoms with Crippen molar-refractivity contribution in [3.05, 3.63) is 35.4 Å². The number of rotatable bonds is 0. The highest BCUT2D eigenvalue weighted by Gasteiger charge is 2.37. The normalized spacial score (nSPS) is 23.9. The number of fused-ring (bicyclic) bond motifs is 1. The molecule has 0 radical (unpaired) electrons. The summed E-state index contributed by atoms with van der Waals surface area (Å²) < 4.78 is 0. The van der Waals surface area contributed by atoms with E-state index in [0.29, 0.717) is 11.1 Å². The molecule has 74 valence electrons. The summed E-state index contributed by atoms with van der Waals surface area (Å²) in [6, 6.07) is 7.14. The SMILES string of the molecule is CC1(C)NC(=O)c2ccccc2C1O. The van der Waals surface area contributed by atoms with E-state index in [-0.39, 0.29) is 5.91 Å². The van der Waals surface area contributed by atoms with Gasteiger partial charge in [0.1, 0.15) is 6.10 Å². The number of hydrogen-bond donors (Lipinski definition) is 2. The zero-order valence-corrected chi connectivity index (χ0v) is 8.24. The number of benzene rings is 1. The molecule has 2 N–H and O–H groups in total. The van der Waals surface area contributed by atoms with Crippen molar-refractivity contribution in [2.45, 2.75) is 25.5 Å². The molecule has 14 heavy (non-hydrogen) atoms. The van der Waals surface area contributed by atoms with Crippen molar-refractivity contribution in [3.8, 4) is 0 Å². The lowest BCUT2D eigenvalue weighted by atomic mass is 9.84. The highest BCUT2D eigenvalue weighted by molar-refractivity contribution is 5.97. The Kier molecular flexibility index (Phi) is 1.86. The fraction of sp³-hybridized carbons (Fsp3) is 0.364. The lowest BCUT2D eigenvalue weighted by Gasteiger charge is -2.37. The number of hydrogen-bond acceptors (Lipinski definition) is 2. The summed E-state index contributed by atoms with van der Waals surface area (Å²) in [6.45, 7) is 3.62. The first-order valence-corrected chi connectivity index (χ1v) is 4.62. The van der Waals surface area contributed by atoms with Gasteiger partial charge in [0.25, 0.3) is 5.91 Å². The second-order valence-corrected chi connectivity index (χ2v) is 4.17. The molecule has 0 saturated heterocycles. The summed E-state index contributed by atoms with van der Waals surface area (Å²) in [7, 11) is 0. The van der Waals surface area contributed by atoms with Crippen molar-refractivity contribution in [1.82, 2.24) is 5.32 Å². The van der Waals surface area contributed by atoms with Crippen LogP contribution < -0.4 is 5.32 Å². The second-order valence-electron chi connectivity index (χ2n) is 4.17. The Bertz CT molecular complexity index is 385. The molecule has 2 rings (SSSR count). The highest BCUT2D eigenvalue weighted by Crippen LogP contribution is 2.32. The molecule has 1 amide bonds. The van der Waals surface area contributed by atoms with Crippen molar-refractivity contribution in [3.63, 3.8) is 0 Å². The van der Waals surface area contributed by atoms with Gasteiger partial charge in [0.2, 0.25) is 0 Å². The molecule has 1 unspecified atom stereocenters. The Hall–Kier alpha value is -1.35. The van der Waals surface area contributed by atoms with Crippen LogP contribution in [0.1, 0.15) is 35.9 Å². The van der Waals surface area contributed by atoms with Crippen LogP contribution in [0.3, 0.4) is 0 Å². The van der Waals surface area contributed by atoms with Crippen LogP contribution in [0.15, 0.2) is 24.3 Å². The smallest absolute Gasteiger partial charge is 0.252 e. The van der Waals surface area contributed by atoms with Crippen LogP contribution in [0.4, 0.5) is 0 Å². The predicted molar refractivity (Wildman–Crippen MR) is 52.9 cm³/mol. The molecule has 1 atom stereocenters. The third-order valence-corrected chi connectivity index (χ3v) is 2.62. The molecule has 1 aromatic carbocycles. The number of carbonyl (C=O) groups is 1. The number of aliphatic hydroxyl groups excluding tert-OH is 1. The van der Waals surface area contributed by atoms with Gasteiger partial charge >= 0.3 is 0 Å². The van der Waals surface area contributed by atoms with Gasteiger partial charge in [-0.25, -0.2) is 0 Å². The molecular weight excluding hydrogens is 178 g/mol. The minimum Gasteiger partial charge on any atom is -0.386 e. The molecule has 0 aromatic heterocycles. The molecule has 0 saturated carbocycles. The van der Waals surface area contributed by atoms with Crippen LogP contribution in [0.5, 0.6) is 0 Å².